The Kier molecular flexibility index (Phi) is 13.4. The fraction of sp³-hybridized carbons (Fsp3) is 0.300. The molecule has 0 aromatic heterocycles. The minimum atomic E-state index is -1.04. The predicted molar refractivity (Wildman–Crippen MR) is 298 cm³/mol. The van der Waals surface area contributed by atoms with Gasteiger partial charge in [-0.2, -0.15) is 0 Å². The van der Waals surface area contributed by atoms with Crippen LogP contribution in [0.25, 0.3) is 16.8 Å². The lowest BCUT2D eigenvalue weighted by atomic mass is 9.80. The van der Waals surface area contributed by atoms with E-state index in [1.54, 1.807) is 0 Å². The average molecular weight is 909 g/mol. The van der Waals surface area contributed by atoms with Crippen molar-refractivity contribution in [2.24, 2.45) is 0 Å². The molecule has 7 aromatic rings. The summed E-state index contributed by atoms with van der Waals surface area (Å²) in [6.07, 6.45) is 5.06. The summed E-state index contributed by atoms with van der Waals surface area (Å²) in [5, 5.41) is 9.73. The number of benzene rings is 7. The fourth-order valence-electron chi connectivity index (χ4n) is 11.8. The van der Waals surface area contributed by atoms with E-state index in [-0.39, 0.29) is 11.6 Å². The van der Waals surface area contributed by atoms with Gasteiger partial charge < -0.3 is 19.6 Å². The minimum Gasteiger partial charge on any atom is -0.377 e. The van der Waals surface area contributed by atoms with Crippen LogP contribution in [0, 0.1) is 55.4 Å². The number of allylic oxidation sites excluding steroid dienone is 1. The summed E-state index contributed by atoms with van der Waals surface area (Å²) in [6, 6.07) is 43.5. The summed E-state index contributed by atoms with van der Waals surface area (Å²) in [6.45, 7) is 18.4. The zero-order valence-electron chi connectivity index (χ0n) is 42.4. The molecule has 0 radical (unpaired) electrons. The molecule has 0 bridgehead atoms. The number of nitrogens with zero attached hydrogens (tertiary/aromatic N) is 4. The molecule has 1 aliphatic carbocycles. The number of hydrogen-bond donors (Lipinski definition) is 0. The molecule has 2 unspecified atom stereocenters. The first kappa shape index (κ1) is 47.1. The zero-order chi connectivity index (χ0) is 47.5. The van der Waals surface area contributed by atoms with E-state index in [4.69, 9.17) is 0 Å². The molecule has 2 atom stereocenters. The molecule has 0 heterocycles. The van der Waals surface area contributed by atoms with Gasteiger partial charge in [0, 0.05) is 90.7 Å². The molecule has 0 aliphatic heterocycles. The molecule has 0 saturated heterocycles. The molecular weight excluding hydrogens is 839 g/mol. The third kappa shape index (κ3) is 8.57. The van der Waals surface area contributed by atoms with Crippen LogP contribution in [-0.2, 0) is 0 Å². The standard InChI is InChI=1S/C60H70N4P2/c1-37-29-47(30-38(2)57(37)61(9)10)65(48-31-39(3)58(62(11)12)40(4)32-48)53-27-25-45-21-17-19-23-51(45)55(53)56-52-24-20-18-22-46(52)26-28-54(56)66(49-33-41(5)59(63(13)14)42(6)34-49)50-35-43(7)60(64(15)16)44(8)36-50/h17-36,53,55H,1-16H3. The molecule has 0 saturated carbocycles. The van der Waals surface area contributed by atoms with E-state index in [1.165, 1.54) is 121 Å². The van der Waals surface area contributed by atoms with Gasteiger partial charge >= 0.3 is 0 Å². The van der Waals surface area contributed by atoms with Crippen LogP contribution in [0.2, 0.25) is 0 Å². The maximum absolute atomic E-state index is 2.61. The molecule has 0 fully saturated rings. The second-order valence-electron chi connectivity index (χ2n) is 19.7. The molecule has 66 heavy (non-hydrogen) atoms. The number of hydrogen-bond acceptors (Lipinski definition) is 4. The van der Waals surface area contributed by atoms with Crippen LogP contribution in [0.1, 0.15) is 67.1 Å². The number of rotatable bonds is 11. The summed E-state index contributed by atoms with van der Waals surface area (Å²) in [5.41, 5.74) is 20.1. The molecule has 0 amide bonds. The number of fused-ring (bicyclic) bond motifs is 2. The maximum Gasteiger partial charge on any atom is 0.0420 e. The summed E-state index contributed by atoms with van der Waals surface area (Å²) < 4.78 is 0. The maximum atomic E-state index is 2.61. The Morgan fingerprint density at radius 3 is 1.21 bits per heavy atom. The molecule has 4 nitrogen and oxygen atoms in total. The van der Waals surface area contributed by atoms with Crippen molar-refractivity contribution in [3.05, 3.63) is 176 Å². The largest absolute Gasteiger partial charge is 0.377 e. The summed E-state index contributed by atoms with van der Waals surface area (Å²) >= 11 is 0. The molecule has 8 rings (SSSR count). The van der Waals surface area contributed by atoms with Crippen molar-refractivity contribution >= 4 is 82.0 Å². The Labute approximate surface area is 399 Å². The van der Waals surface area contributed by atoms with Gasteiger partial charge in [-0.25, -0.2) is 0 Å². The lowest BCUT2D eigenvalue weighted by molar-refractivity contribution is 0.842. The van der Waals surface area contributed by atoms with Gasteiger partial charge in [-0.05, 0) is 218 Å². The Morgan fingerprint density at radius 2 is 0.788 bits per heavy atom. The van der Waals surface area contributed by atoms with Crippen molar-refractivity contribution in [2.75, 3.05) is 76.0 Å². The van der Waals surface area contributed by atoms with Gasteiger partial charge in [0.25, 0.3) is 0 Å². The van der Waals surface area contributed by atoms with Gasteiger partial charge in [0.05, 0.1) is 0 Å². The van der Waals surface area contributed by atoms with Crippen LogP contribution in [0.4, 0.5) is 22.7 Å². The first-order valence-electron chi connectivity index (χ1n) is 23.4. The minimum absolute atomic E-state index is 0.0678. The third-order valence-electron chi connectivity index (χ3n) is 13.7. The second-order valence-corrected chi connectivity index (χ2v) is 24.2. The van der Waals surface area contributed by atoms with Crippen molar-refractivity contribution in [1.29, 1.82) is 0 Å². The van der Waals surface area contributed by atoms with E-state index in [1.807, 2.05) is 0 Å². The van der Waals surface area contributed by atoms with Crippen molar-refractivity contribution < 1.29 is 0 Å². The Bertz CT molecular complexity index is 2790. The van der Waals surface area contributed by atoms with Crippen molar-refractivity contribution in [3.63, 3.8) is 0 Å². The average Bonchev–Trinajstić information content (AvgIpc) is 3.22. The quantitative estimate of drug-likeness (QED) is 0.120. The van der Waals surface area contributed by atoms with Crippen LogP contribution >= 0.6 is 15.8 Å². The monoisotopic (exact) mass is 909 g/mol. The summed E-state index contributed by atoms with van der Waals surface area (Å²) in [7, 11) is 15.4. The van der Waals surface area contributed by atoms with E-state index < -0.39 is 15.8 Å². The molecular formula is C60H70N4P2. The highest BCUT2D eigenvalue weighted by atomic mass is 31.1. The van der Waals surface area contributed by atoms with Crippen LogP contribution < -0.4 is 46.1 Å². The first-order chi connectivity index (χ1) is 31.4. The fourth-order valence-corrected chi connectivity index (χ4v) is 17.9. The molecule has 7 aromatic carbocycles. The van der Waals surface area contributed by atoms with Gasteiger partial charge in [-0.1, -0.05) is 72.8 Å². The normalized spacial score (nSPS) is 14.6. The Hall–Kier alpha value is -5.40. The van der Waals surface area contributed by atoms with Gasteiger partial charge in [-0.15, -0.1) is 0 Å². The van der Waals surface area contributed by atoms with Crippen molar-refractivity contribution in [2.45, 2.75) is 67.0 Å². The lowest BCUT2D eigenvalue weighted by Gasteiger charge is -2.40. The molecule has 6 heteroatoms. The van der Waals surface area contributed by atoms with Gasteiger partial charge in [-0.3, -0.25) is 0 Å². The first-order valence-corrected chi connectivity index (χ1v) is 26.2. The molecule has 0 N–H and O–H groups in total. The van der Waals surface area contributed by atoms with Gasteiger partial charge in [0.15, 0.2) is 0 Å². The summed E-state index contributed by atoms with van der Waals surface area (Å²) in [4.78, 5) is 9.12. The SMILES string of the molecule is Cc1cc(P(c2cc(C)c(N(C)C)c(C)c2)c2ccc3ccccc3c2C2c3ccccc3C=CC2P(c2cc(C)c(N(C)C)c(C)c2)c2cc(C)c(N(C)C)c(C)c2)cc(C)c1N(C)C. The molecule has 340 valence electrons. The number of anilines is 4. The topological polar surface area (TPSA) is 13.0 Å². The van der Waals surface area contributed by atoms with Crippen LogP contribution in [0.15, 0.2) is 115 Å². The van der Waals surface area contributed by atoms with Crippen LogP contribution in [0.5, 0.6) is 0 Å². The van der Waals surface area contributed by atoms with Crippen molar-refractivity contribution in [1.82, 2.24) is 0 Å². The van der Waals surface area contributed by atoms with Gasteiger partial charge in [0.1, 0.15) is 0 Å². The molecule has 1 aliphatic rings. The zero-order valence-corrected chi connectivity index (χ0v) is 44.2. The highest BCUT2D eigenvalue weighted by molar-refractivity contribution is 7.80. The van der Waals surface area contributed by atoms with E-state index >= 15 is 0 Å². The van der Waals surface area contributed by atoms with E-state index in [0.29, 0.717) is 0 Å². The third-order valence-corrected chi connectivity index (χ3v) is 18.8. The smallest absolute Gasteiger partial charge is 0.0420 e. The van der Waals surface area contributed by atoms with Crippen molar-refractivity contribution in [3.8, 4) is 0 Å². The Balaban J connectivity index is 1.50. The summed E-state index contributed by atoms with van der Waals surface area (Å²) in [5.74, 6) is 0.0678. The van der Waals surface area contributed by atoms with Gasteiger partial charge in [0.2, 0.25) is 0 Å². The van der Waals surface area contributed by atoms with Crippen LogP contribution in [0.3, 0.4) is 0 Å². The lowest BCUT2D eigenvalue weighted by Crippen LogP contribution is -2.33. The van der Waals surface area contributed by atoms with Crippen LogP contribution in [-0.4, -0.2) is 62.0 Å². The predicted octanol–water partition coefficient (Wildman–Crippen LogP) is 12.0. The Morgan fingerprint density at radius 1 is 0.409 bits per heavy atom. The van der Waals surface area contributed by atoms with E-state index in [0.717, 1.165) is 0 Å². The highest BCUT2D eigenvalue weighted by Gasteiger charge is 2.39. The molecule has 0 spiro atoms. The number of aryl methyl sites for hydroxylation is 8. The van der Waals surface area contributed by atoms with E-state index in [2.05, 4.69) is 253 Å². The second kappa shape index (κ2) is 18.7. The van der Waals surface area contributed by atoms with E-state index in [9.17, 15) is 0 Å². The highest BCUT2D eigenvalue weighted by Crippen LogP contribution is 2.55.